The lowest BCUT2D eigenvalue weighted by molar-refractivity contribution is -0.268. The summed E-state index contributed by atoms with van der Waals surface area (Å²) in [6.45, 7) is 74.3. The molecule has 148 heavy (non-hydrogen) atoms. The van der Waals surface area contributed by atoms with E-state index in [4.69, 9.17) is 51.2 Å². The number of H-pyrrole nitrogens is 1. The molecule has 5 saturated heterocycles. The number of hydroxylamine groups is 2. The molecule has 4 N–H and O–H groups in total. The van der Waals surface area contributed by atoms with Crippen molar-refractivity contribution in [2.75, 3.05) is 104 Å². The third-order valence-corrected chi connectivity index (χ3v) is 52.1. The Balaban J connectivity index is 0.000000376. The van der Waals surface area contributed by atoms with Crippen molar-refractivity contribution >= 4 is 111 Å². The molecule has 1 unspecified atom stereocenters. The van der Waals surface area contributed by atoms with Gasteiger partial charge in [-0.15, -0.1) is 0 Å². The van der Waals surface area contributed by atoms with E-state index in [1.807, 2.05) is 6.92 Å². The first-order valence-electron chi connectivity index (χ1n) is 48.6. The Labute approximate surface area is 882 Å². The predicted octanol–water partition coefficient (Wildman–Crippen LogP) is 12.0. The summed E-state index contributed by atoms with van der Waals surface area (Å²) in [5.74, 6) is -4.71. The van der Waals surface area contributed by atoms with Gasteiger partial charge in [0.05, 0.1) is 60.8 Å². The summed E-state index contributed by atoms with van der Waals surface area (Å²) in [4.78, 5) is 64.6. The van der Waals surface area contributed by atoms with Crippen molar-refractivity contribution in [2.45, 2.75) is 337 Å². The van der Waals surface area contributed by atoms with Gasteiger partial charge in [-0.05, 0) is 133 Å². The molecule has 5 fully saturated rings. The number of fused-ring (bicyclic) bond motifs is 2. The number of cyclic esters (lactones) is 1. The summed E-state index contributed by atoms with van der Waals surface area (Å²) in [6, 6.07) is 0. The summed E-state index contributed by atoms with van der Waals surface area (Å²) in [5, 5.41) is 34.2. The number of rotatable bonds is 34. The SMILES string of the molecule is C=C(O[Si](C(C)C)(C(C)C)C(C)C)c1nc(C)c(C2(O)OC[C@H]3OC(C)(C)O[C@H]32)n1S(=O)(=O)N(C)C.C=C(O[Si](C(C)C)(C(C)C)C(C)C)c1nc(C)c([C@@H](O)[C@@H]2OC(C)(C)O[C@@H]2CO)n1S(=O)(=O)N(C)C.C=C(O[Si](C(C)C)(C(C)C)C(C)C)c1nc(C)cn1S(=O)(=O)N(C)C.CC(=O)c1nc(C)cn1S(=O)(=O)N(C)C.CC1(C)O[C@@H]2COC(=O)[C@@H]2O1.CON(C)C(C)=O.Cc1cn(S(=O)(=O)N(C)C)cn1.Cc1cnc[nH]1. The van der Waals surface area contributed by atoms with Crippen LogP contribution in [-0.4, -0.2) is 340 Å². The van der Waals surface area contributed by atoms with E-state index < -0.39 is 142 Å². The number of nitrogens with zero attached hydrogens (tertiary/aromatic N) is 17. The molecule has 11 heterocycles. The number of hydrogen-bond donors (Lipinski definition) is 4. The van der Waals surface area contributed by atoms with Crippen molar-refractivity contribution in [1.82, 2.24) is 81.3 Å². The molecule has 0 aromatic carbocycles. The summed E-state index contributed by atoms with van der Waals surface area (Å²) in [6.07, 6.45) is 3.47. The standard InChI is InChI=1S/C24H43N3O7SSi.C24H45N3O7SSi.C17H33N3O3SSi.C8H13N3O3S.C7H10O4.C6H11N3O2S.C4H6N2.C4H9NO2/c1-14(2)36(15(3)4,16(5)6)34-18(8)22-25-17(7)20(27(22)35(29,30)26(11)12)24(28)21-19(13-31-24)32-23(9,10)33-21;1-14(2)36(15(3)4,16(5)6)34-18(8)23-25-17(7)20(27(23)35(30,31)26(11)12)21(29)22-19(13-28)32-24(9,10)33-22;1-12(2)25(13(3)4,14(5)6)23-16(8)17-18-15(7)11-20(17)24(21,22)19(9)10;1-6-5-11(8(9-6)7(2)12)15(13,14)10(3)4;1-7(2)10-4-3-9-6(8)5(4)11-7;1-6-4-9(5-7-6)12(10,11)8(2)3;1-4-2-5-3-6-4;1-4(6)5(2)7-3/h14-16,19,21,28H,8,13H2,1-7,9-12H3;14-16,19,21-22,28-29H,8,13H2,1-7,9-12H3;11-14H,8H2,1-7,9-10H3;5H,1-4H3;4-5H,3H2,1-2H3;4-5H,1-3H3;2-3H,1H3,(H,5,6);1-3H3/t19-,21-,24?;19-,21-,22-;;;4-,5-;;;/m11..1.../s1. The molecule has 0 aliphatic carbocycles. The first-order valence-corrected chi connectivity index (χ1v) is 62.0. The van der Waals surface area contributed by atoms with Crippen LogP contribution in [0.15, 0.2) is 57.2 Å². The molecule has 8 atom stereocenters. The topological polar surface area (TPSA) is 531 Å². The molecule has 6 aromatic rings. The van der Waals surface area contributed by atoms with Gasteiger partial charge in [0.15, 0.2) is 52.5 Å². The summed E-state index contributed by atoms with van der Waals surface area (Å²) in [7, 11) is -8.89. The maximum absolute atomic E-state index is 13.7. The van der Waals surface area contributed by atoms with Crippen molar-refractivity contribution in [2.24, 2.45) is 0 Å². The number of aliphatic hydroxyl groups excluding tert-OH is 2. The maximum atomic E-state index is 13.7. The fourth-order valence-corrected chi connectivity index (χ4v) is 39.5. The quantitative estimate of drug-likeness (QED) is 0.00958. The summed E-state index contributed by atoms with van der Waals surface area (Å²) in [5.41, 5.74) is 5.87. The Morgan fingerprint density at radius 2 is 0.878 bits per heavy atom. The van der Waals surface area contributed by atoms with Crippen molar-refractivity contribution < 1.29 is 128 Å². The second kappa shape index (κ2) is 51.5. The summed E-state index contributed by atoms with van der Waals surface area (Å²) >= 11 is 0. The van der Waals surface area contributed by atoms with Gasteiger partial charge < -0.3 is 71.5 Å². The molecule has 46 nitrogen and oxygen atoms in total. The van der Waals surface area contributed by atoms with Gasteiger partial charge in [0.2, 0.25) is 11.7 Å². The van der Waals surface area contributed by atoms with E-state index >= 15 is 0 Å². The van der Waals surface area contributed by atoms with Crippen LogP contribution in [0.3, 0.4) is 0 Å². The number of aromatic amines is 1. The molecule has 0 spiro atoms. The van der Waals surface area contributed by atoms with E-state index in [0.717, 1.165) is 52.1 Å². The van der Waals surface area contributed by atoms with Crippen LogP contribution in [0.4, 0.5) is 0 Å². The molecular formula is C94H170N18O28S5Si3. The minimum absolute atomic E-state index is 0.00722. The average Bonchev–Trinajstić information content (AvgIpc) is 1.55. The fourth-order valence-electron chi connectivity index (χ4n) is 18.6. The Hall–Kier alpha value is -7.75. The number of aromatic nitrogens is 12. The molecule has 5 aliphatic rings. The average molecular weight is 2250 g/mol. The van der Waals surface area contributed by atoms with Gasteiger partial charge in [-0.2, -0.15) is 63.6 Å². The van der Waals surface area contributed by atoms with Crippen LogP contribution in [0.1, 0.15) is 260 Å². The van der Waals surface area contributed by atoms with Gasteiger partial charge in [0.25, 0.3) is 25.0 Å². The van der Waals surface area contributed by atoms with Crippen LogP contribution in [0.2, 0.25) is 49.9 Å². The van der Waals surface area contributed by atoms with Gasteiger partial charge in [0, 0.05) is 122 Å². The van der Waals surface area contributed by atoms with Gasteiger partial charge in [-0.3, -0.25) is 14.4 Å². The number of aliphatic hydroxyl groups is 3. The van der Waals surface area contributed by atoms with Gasteiger partial charge >= 0.3 is 57.0 Å². The first-order chi connectivity index (χ1) is 67.3. The van der Waals surface area contributed by atoms with E-state index in [2.05, 4.69) is 184 Å². The third-order valence-electron chi connectivity index (χ3n) is 25.5. The van der Waals surface area contributed by atoms with E-state index in [0.29, 0.717) is 46.1 Å². The van der Waals surface area contributed by atoms with Crippen molar-refractivity contribution in [3.63, 3.8) is 0 Å². The number of aryl methyl sites for hydroxylation is 6. The Morgan fingerprint density at radius 3 is 1.22 bits per heavy atom. The second-order valence-corrected chi connectivity index (χ2v) is 67.9. The minimum Gasteiger partial charge on any atom is -0.541 e. The van der Waals surface area contributed by atoms with Crippen molar-refractivity contribution in [3.8, 4) is 0 Å². The highest BCUT2D eigenvalue weighted by atomic mass is 32.2. The van der Waals surface area contributed by atoms with Crippen LogP contribution in [0.5, 0.6) is 0 Å². The van der Waals surface area contributed by atoms with E-state index in [-0.39, 0.29) is 121 Å². The highest BCUT2D eigenvalue weighted by molar-refractivity contribution is 7.88. The zero-order chi connectivity index (χ0) is 115. The molecule has 0 saturated carbocycles. The Morgan fingerprint density at radius 1 is 0.500 bits per heavy atom. The predicted molar refractivity (Wildman–Crippen MR) is 571 cm³/mol. The lowest BCUT2D eigenvalue weighted by atomic mass is 10.0. The van der Waals surface area contributed by atoms with Crippen LogP contribution < -0.4 is 0 Å². The van der Waals surface area contributed by atoms with Gasteiger partial charge in [-0.25, -0.2) is 59.6 Å². The smallest absolute Gasteiger partial charge is 0.338 e. The highest BCUT2D eigenvalue weighted by Crippen LogP contribution is 2.51. The molecule has 0 bridgehead atoms. The first kappa shape index (κ1) is 133. The number of nitrogens with one attached hydrogen (secondary N) is 1. The van der Waals surface area contributed by atoms with Gasteiger partial charge in [-0.1, -0.05) is 144 Å². The van der Waals surface area contributed by atoms with E-state index in [1.54, 1.807) is 95.7 Å². The number of ether oxygens (including phenoxy) is 8. The van der Waals surface area contributed by atoms with E-state index in [1.165, 1.54) is 116 Å². The highest BCUT2D eigenvalue weighted by Gasteiger charge is 2.63. The summed E-state index contributed by atoms with van der Waals surface area (Å²) < 4.78 is 201. The minimum atomic E-state index is -4.19. The van der Waals surface area contributed by atoms with Crippen molar-refractivity contribution in [1.29, 1.82) is 0 Å². The molecule has 6 aromatic heterocycles. The van der Waals surface area contributed by atoms with E-state index in [9.17, 15) is 71.8 Å². The lowest BCUT2D eigenvalue weighted by Crippen LogP contribution is -2.47. The van der Waals surface area contributed by atoms with Gasteiger partial charge in [0.1, 0.15) is 72.5 Å². The largest absolute Gasteiger partial charge is 0.541 e. The monoisotopic (exact) mass is 2240 g/mol. The molecule has 11 rings (SSSR count). The molecular weight excluding hydrogens is 2070 g/mol. The van der Waals surface area contributed by atoms with Crippen LogP contribution in [0.25, 0.3) is 17.3 Å². The maximum Gasteiger partial charge on any atom is 0.338 e. The number of esters is 1. The van der Waals surface area contributed by atoms with Crippen LogP contribution >= 0.6 is 0 Å². The lowest BCUT2D eigenvalue weighted by Gasteiger charge is -2.42. The number of hydrogen-bond acceptors (Lipinski definition) is 34. The van der Waals surface area contributed by atoms with Crippen molar-refractivity contribution in [3.05, 3.63) is 126 Å². The number of carbonyl (C=O) groups is 3. The van der Waals surface area contributed by atoms with Crippen LogP contribution in [0, 0.1) is 41.5 Å². The zero-order valence-electron chi connectivity index (χ0n) is 95.1. The Kier molecular flexibility index (Phi) is 46.1. The van der Waals surface area contributed by atoms with Crippen LogP contribution in [-0.2, 0) is 122 Å². The number of imidazole rings is 6. The molecule has 0 radical (unpaired) electrons. The Bertz CT molecular complexity index is 6030. The molecule has 846 valence electrons. The molecule has 54 heteroatoms. The molecule has 5 aliphatic heterocycles. The number of carbonyl (C=O) groups excluding carboxylic acids is 3. The number of ketones is 1. The second-order valence-electron chi connectivity index (χ2n) is 41.7. The number of amides is 1. The molecule has 1 amide bonds. The number of Topliss-reactive ketones (excluding diaryl/α,β-unsaturated/α-hetero) is 1. The third kappa shape index (κ3) is 30.1. The fraction of sp³-hybridized carbons (Fsp3) is 0.713. The normalized spacial score (nSPS) is 19.9. The zero-order valence-corrected chi connectivity index (χ0v) is 102.